The number of rotatable bonds is 6. The Balaban J connectivity index is 1.56. The highest BCUT2D eigenvalue weighted by atomic mass is 16.2. The molecule has 0 saturated carbocycles. The van der Waals surface area contributed by atoms with E-state index in [4.69, 9.17) is 0 Å². The van der Waals surface area contributed by atoms with Crippen LogP contribution in [0.1, 0.15) is 5.56 Å². The number of carbonyl (C=O) groups excluding carboxylic acids is 1. The Morgan fingerprint density at radius 3 is 3.12 bits per heavy atom. The van der Waals surface area contributed by atoms with E-state index < -0.39 is 0 Å². The van der Waals surface area contributed by atoms with E-state index in [9.17, 15) is 4.79 Å². The zero-order chi connectivity index (χ0) is 11.9. The minimum Gasteiger partial charge on any atom is -0.336 e. The second-order valence-electron chi connectivity index (χ2n) is 4.08. The van der Waals surface area contributed by atoms with Gasteiger partial charge in [-0.15, -0.1) is 0 Å². The second-order valence-corrected chi connectivity index (χ2v) is 4.08. The number of hydrogen-bond acceptors (Lipinski definition) is 3. The summed E-state index contributed by atoms with van der Waals surface area (Å²) in [4.78, 5) is 17.1. The third-order valence-corrected chi connectivity index (χ3v) is 2.82. The van der Waals surface area contributed by atoms with Gasteiger partial charge in [-0.2, -0.15) is 0 Å². The molecule has 92 valence electrons. The summed E-state index contributed by atoms with van der Waals surface area (Å²) in [5, 5.41) is 6.12. The molecule has 2 amide bonds. The lowest BCUT2D eigenvalue weighted by Crippen LogP contribution is -2.35. The molecule has 0 unspecified atom stereocenters. The molecule has 2 rings (SSSR count). The van der Waals surface area contributed by atoms with Crippen LogP contribution in [0.3, 0.4) is 0 Å². The first-order valence-corrected chi connectivity index (χ1v) is 5.98. The van der Waals surface area contributed by atoms with E-state index in [0.717, 1.165) is 39.1 Å². The molecule has 1 aliphatic heterocycles. The van der Waals surface area contributed by atoms with Crippen molar-refractivity contribution in [2.45, 2.75) is 6.42 Å². The molecule has 1 aromatic rings. The Bertz CT molecular complexity index is 355. The summed E-state index contributed by atoms with van der Waals surface area (Å²) >= 11 is 0. The van der Waals surface area contributed by atoms with Gasteiger partial charge in [0.2, 0.25) is 0 Å². The van der Waals surface area contributed by atoms with Crippen molar-refractivity contribution < 1.29 is 4.79 Å². The van der Waals surface area contributed by atoms with Crippen LogP contribution in [-0.2, 0) is 6.42 Å². The zero-order valence-electron chi connectivity index (χ0n) is 9.85. The van der Waals surface area contributed by atoms with Crippen molar-refractivity contribution in [2.75, 3.05) is 32.7 Å². The molecule has 0 spiro atoms. The van der Waals surface area contributed by atoms with Gasteiger partial charge in [-0.25, -0.2) is 4.79 Å². The van der Waals surface area contributed by atoms with Crippen molar-refractivity contribution in [1.29, 1.82) is 0 Å². The summed E-state index contributed by atoms with van der Waals surface area (Å²) in [5.41, 5.74) is 1.24. The van der Waals surface area contributed by atoms with Gasteiger partial charge >= 0.3 is 6.03 Å². The number of amides is 2. The molecular formula is C12H18N4O. The topological polar surface area (TPSA) is 57.3 Å². The molecule has 0 aliphatic carbocycles. The van der Waals surface area contributed by atoms with Crippen LogP contribution in [0, 0.1) is 0 Å². The molecule has 2 N–H and O–H groups in total. The van der Waals surface area contributed by atoms with Crippen molar-refractivity contribution in [3.05, 3.63) is 30.1 Å². The van der Waals surface area contributed by atoms with Crippen molar-refractivity contribution in [2.24, 2.45) is 0 Å². The first kappa shape index (κ1) is 11.9. The SMILES string of the molecule is O=C1NCCN1CCNCCc1cccnc1. The predicted molar refractivity (Wildman–Crippen MR) is 65.8 cm³/mol. The Hall–Kier alpha value is -1.62. The fourth-order valence-corrected chi connectivity index (χ4v) is 1.84. The van der Waals surface area contributed by atoms with Gasteiger partial charge in [0.1, 0.15) is 0 Å². The monoisotopic (exact) mass is 234 g/mol. The van der Waals surface area contributed by atoms with Gasteiger partial charge in [-0.3, -0.25) is 4.98 Å². The third kappa shape index (κ3) is 3.71. The highest BCUT2D eigenvalue weighted by Gasteiger charge is 2.17. The quantitative estimate of drug-likeness (QED) is 0.693. The minimum absolute atomic E-state index is 0.0547. The molecule has 1 saturated heterocycles. The maximum Gasteiger partial charge on any atom is 0.317 e. The van der Waals surface area contributed by atoms with E-state index in [1.807, 2.05) is 17.2 Å². The largest absolute Gasteiger partial charge is 0.336 e. The van der Waals surface area contributed by atoms with Gasteiger partial charge in [0.15, 0.2) is 0 Å². The number of nitrogens with one attached hydrogen (secondary N) is 2. The molecule has 17 heavy (non-hydrogen) atoms. The molecule has 0 aromatic carbocycles. The van der Waals surface area contributed by atoms with Crippen LogP contribution in [0.5, 0.6) is 0 Å². The molecule has 5 nitrogen and oxygen atoms in total. The van der Waals surface area contributed by atoms with E-state index >= 15 is 0 Å². The van der Waals surface area contributed by atoms with E-state index in [0.29, 0.717) is 0 Å². The Kier molecular flexibility index (Phi) is 4.32. The number of hydrogen-bond donors (Lipinski definition) is 2. The predicted octanol–water partition coefficient (Wildman–Crippen LogP) is 0.239. The van der Waals surface area contributed by atoms with E-state index in [2.05, 4.69) is 21.7 Å². The van der Waals surface area contributed by atoms with Crippen molar-refractivity contribution in [1.82, 2.24) is 20.5 Å². The number of pyridine rings is 1. The molecular weight excluding hydrogens is 216 g/mol. The molecule has 2 heterocycles. The first-order valence-electron chi connectivity index (χ1n) is 5.98. The van der Waals surface area contributed by atoms with E-state index in [1.54, 1.807) is 6.20 Å². The average molecular weight is 234 g/mol. The minimum atomic E-state index is 0.0547. The smallest absolute Gasteiger partial charge is 0.317 e. The maximum atomic E-state index is 11.2. The Morgan fingerprint density at radius 2 is 2.41 bits per heavy atom. The van der Waals surface area contributed by atoms with Crippen LogP contribution in [0.25, 0.3) is 0 Å². The standard InChI is InChI=1S/C12H18N4O/c17-12-15-7-9-16(12)8-6-13-5-3-11-2-1-4-14-10-11/h1-2,4,10,13H,3,5-9H2,(H,15,17). The lowest BCUT2D eigenvalue weighted by atomic mass is 10.2. The lowest BCUT2D eigenvalue weighted by Gasteiger charge is -2.14. The van der Waals surface area contributed by atoms with Crippen LogP contribution in [-0.4, -0.2) is 48.6 Å². The van der Waals surface area contributed by atoms with Crippen LogP contribution in [0.4, 0.5) is 4.79 Å². The summed E-state index contributed by atoms with van der Waals surface area (Å²) in [6.07, 6.45) is 4.64. The summed E-state index contributed by atoms with van der Waals surface area (Å²) in [7, 11) is 0. The second kappa shape index (κ2) is 6.20. The van der Waals surface area contributed by atoms with Crippen LogP contribution >= 0.6 is 0 Å². The Morgan fingerprint density at radius 1 is 1.47 bits per heavy atom. The summed E-state index contributed by atoms with van der Waals surface area (Å²) in [6.45, 7) is 4.13. The van der Waals surface area contributed by atoms with E-state index in [1.165, 1.54) is 5.56 Å². The summed E-state index contributed by atoms with van der Waals surface area (Å²) in [5.74, 6) is 0. The number of nitrogens with zero attached hydrogens (tertiary/aromatic N) is 2. The van der Waals surface area contributed by atoms with Gasteiger partial charge in [0, 0.05) is 38.6 Å². The maximum absolute atomic E-state index is 11.2. The number of carbonyl (C=O) groups is 1. The molecule has 5 heteroatoms. The zero-order valence-corrected chi connectivity index (χ0v) is 9.85. The normalized spacial score (nSPS) is 15.1. The fourth-order valence-electron chi connectivity index (χ4n) is 1.84. The first-order chi connectivity index (χ1) is 8.36. The molecule has 1 aromatic heterocycles. The highest BCUT2D eigenvalue weighted by Crippen LogP contribution is 1.96. The molecule has 0 radical (unpaired) electrons. The van der Waals surface area contributed by atoms with Crippen molar-refractivity contribution >= 4 is 6.03 Å². The fraction of sp³-hybridized carbons (Fsp3) is 0.500. The molecule has 0 bridgehead atoms. The van der Waals surface area contributed by atoms with Crippen molar-refractivity contribution in [3.8, 4) is 0 Å². The molecule has 1 fully saturated rings. The lowest BCUT2D eigenvalue weighted by molar-refractivity contribution is 0.217. The van der Waals surface area contributed by atoms with Crippen LogP contribution in [0.2, 0.25) is 0 Å². The number of urea groups is 1. The van der Waals surface area contributed by atoms with Gasteiger partial charge in [0.25, 0.3) is 0 Å². The van der Waals surface area contributed by atoms with Gasteiger partial charge in [-0.1, -0.05) is 6.07 Å². The third-order valence-electron chi connectivity index (χ3n) is 2.82. The summed E-state index contributed by atoms with van der Waals surface area (Å²) < 4.78 is 0. The Labute approximate surface area is 101 Å². The molecule has 1 aliphatic rings. The average Bonchev–Trinajstić information content (AvgIpc) is 2.76. The molecule has 0 atom stereocenters. The van der Waals surface area contributed by atoms with Crippen molar-refractivity contribution in [3.63, 3.8) is 0 Å². The van der Waals surface area contributed by atoms with Crippen LogP contribution < -0.4 is 10.6 Å². The van der Waals surface area contributed by atoms with Gasteiger partial charge in [-0.05, 0) is 24.6 Å². The number of aromatic nitrogens is 1. The van der Waals surface area contributed by atoms with Gasteiger partial charge < -0.3 is 15.5 Å². The van der Waals surface area contributed by atoms with E-state index in [-0.39, 0.29) is 6.03 Å². The van der Waals surface area contributed by atoms with Crippen LogP contribution in [0.15, 0.2) is 24.5 Å². The summed E-state index contributed by atoms with van der Waals surface area (Å²) in [6, 6.07) is 4.08. The highest BCUT2D eigenvalue weighted by molar-refractivity contribution is 5.76. The van der Waals surface area contributed by atoms with Gasteiger partial charge in [0.05, 0.1) is 0 Å².